The second-order valence-electron chi connectivity index (χ2n) is 11.9. The number of amides is 1. The van der Waals surface area contributed by atoms with E-state index in [-0.39, 0.29) is 30.3 Å². The van der Waals surface area contributed by atoms with Gasteiger partial charge in [0, 0.05) is 12.6 Å². The van der Waals surface area contributed by atoms with E-state index in [1.54, 1.807) is 55.6 Å². The molecule has 0 aliphatic carbocycles. The third kappa shape index (κ3) is 13.5. The molecule has 0 radical (unpaired) electrons. The summed E-state index contributed by atoms with van der Waals surface area (Å²) in [5, 5.41) is 2.60. The highest BCUT2D eigenvalue weighted by Gasteiger charge is 2.24. The van der Waals surface area contributed by atoms with Crippen LogP contribution < -0.4 is 14.8 Å². The average molecular weight is 664 g/mol. The van der Waals surface area contributed by atoms with Gasteiger partial charge in [0.1, 0.15) is 24.7 Å². The average Bonchev–Trinajstić information content (AvgIpc) is 3.09. The van der Waals surface area contributed by atoms with Crippen molar-refractivity contribution < 1.29 is 42.8 Å². The summed E-state index contributed by atoms with van der Waals surface area (Å²) in [6, 6.07) is 21.2. The van der Waals surface area contributed by atoms with Crippen molar-refractivity contribution in [2.45, 2.75) is 34.1 Å². The van der Waals surface area contributed by atoms with Crippen LogP contribution in [-0.4, -0.2) is 77.7 Å². The first kappa shape index (κ1) is 38.2. The second kappa shape index (κ2) is 20.9. The van der Waals surface area contributed by atoms with E-state index in [1.807, 2.05) is 38.1 Å². The molecule has 10 nitrogen and oxygen atoms in total. The summed E-state index contributed by atoms with van der Waals surface area (Å²) in [6.45, 7) is 11.3. The van der Waals surface area contributed by atoms with Gasteiger partial charge in [-0.05, 0) is 77.9 Å². The highest BCUT2D eigenvalue weighted by atomic mass is 16.6. The Morgan fingerprint density at radius 3 is 1.60 bits per heavy atom. The molecule has 0 spiro atoms. The fraction of sp³-hybridized carbons (Fsp3) is 0.447. The van der Waals surface area contributed by atoms with Crippen LogP contribution >= 0.6 is 0 Å². The molecular weight excluding hydrogens is 614 g/mol. The van der Waals surface area contributed by atoms with Crippen LogP contribution in [0.25, 0.3) is 11.1 Å². The Hall–Kier alpha value is -4.25. The lowest BCUT2D eigenvalue weighted by Gasteiger charge is -2.21. The number of rotatable bonds is 21. The van der Waals surface area contributed by atoms with Gasteiger partial charge >= 0.3 is 11.9 Å². The molecule has 260 valence electrons. The van der Waals surface area contributed by atoms with E-state index < -0.39 is 5.97 Å². The Kier molecular flexibility index (Phi) is 16.6. The third-order valence-corrected chi connectivity index (χ3v) is 7.41. The van der Waals surface area contributed by atoms with Crippen molar-refractivity contribution >= 4 is 17.8 Å². The zero-order valence-corrected chi connectivity index (χ0v) is 28.7. The summed E-state index contributed by atoms with van der Waals surface area (Å²) < 4.78 is 33.1. The van der Waals surface area contributed by atoms with E-state index in [4.69, 9.17) is 28.4 Å². The lowest BCUT2D eigenvalue weighted by Crippen LogP contribution is -2.25. The lowest BCUT2D eigenvalue weighted by atomic mass is 9.88. The molecule has 1 N–H and O–H groups in total. The lowest BCUT2D eigenvalue weighted by molar-refractivity contribution is -0.152. The largest absolute Gasteiger partial charge is 0.491 e. The van der Waals surface area contributed by atoms with Gasteiger partial charge in [0.2, 0.25) is 0 Å². The van der Waals surface area contributed by atoms with Crippen molar-refractivity contribution in [2.24, 2.45) is 17.8 Å². The molecule has 0 saturated carbocycles. The van der Waals surface area contributed by atoms with Crippen LogP contribution in [0.5, 0.6) is 11.5 Å². The fourth-order valence-corrected chi connectivity index (χ4v) is 4.74. The van der Waals surface area contributed by atoms with Gasteiger partial charge in [-0.3, -0.25) is 9.59 Å². The van der Waals surface area contributed by atoms with Crippen LogP contribution in [0, 0.1) is 17.8 Å². The van der Waals surface area contributed by atoms with Crippen molar-refractivity contribution in [3.63, 3.8) is 0 Å². The van der Waals surface area contributed by atoms with Crippen LogP contribution in [0.4, 0.5) is 0 Å². The number of carbonyl (C=O) groups excluding carboxylic acids is 3. The number of esters is 2. The van der Waals surface area contributed by atoms with Gasteiger partial charge in [-0.1, -0.05) is 52.0 Å². The van der Waals surface area contributed by atoms with Crippen molar-refractivity contribution in [2.75, 3.05) is 59.9 Å². The van der Waals surface area contributed by atoms with Crippen LogP contribution in [0.1, 0.15) is 54.8 Å². The molecule has 0 saturated heterocycles. The van der Waals surface area contributed by atoms with Gasteiger partial charge in [-0.15, -0.1) is 0 Å². The molecule has 0 bridgehead atoms. The van der Waals surface area contributed by atoms with E-state index >= 15 is 0 Å². The maximum Gasteiger partial charge on any atom is 0.343 e. The Morgan fingerprint density at radius 2 is 1.08 bits per heavy atom. The third-order valence-electron chi connectivity index (χ3n) is 7.41. The molecule has 0 aromatic heterocycles. The van der Waals surface area contributed by atoms with Gasteiger partial charge in [0.05, 0.1) is 51.1 Å². The van der Waals surface area contributed by atoms with Gasteiger partial charge in [-0.25, -0.2) is 4.79 Å². The van der Waals surface area contributed by atoms with Crippen molar-refractivity contribution in [3.8, 4) is 22.6 Å². The number of ether oxygens (including phenoxy) is 6. The summed E-state index contributed by atoms with van der Waals surface area (Å²) in [5.41, 5.74) is 2.87. The highest BCUT2D eigenvalue weighted by Crippen LogP contribution is 2.24. The molecule has 1 amide bonds. The molecule has 3 aromatic rings. The molecule has 1 atom stereocenters. The zero-order valence-electron chi connectivity index (χ0n) is 28.7. The summed E-state index contributed by atoms with van der Waals surface area (Å²) >= 11 is 0. The molecule has 10 heteroatoms. The summed E-state index contributed by atoms with van der Waals surface area (Å²) in [4.78, 5) is 36.7. The Morgan fingerprint density at radius 1 is 0.604 bits per heavy atom. The predicted molar refractivity (Wildman–Crippen MR) is 183 cm³/mol. The standard InChI is InChI=1S/C38H49NO9/c1-27(2)26-35(28(3)4)38(42)47-25-23-45-21-19-43-18-20-44-22-24-46-33-14-12-32(13-15-33)37(41)48-34-16-10-30(11-17-34)29-6-8-31(9-7-29)36(40)39-5/h6-17,27-28,35H,18-26H2,1-5H3,(H,39,40). The maximum absolute atomic E-state index is 12.6. The summed E-state index contributed by atoms with van der Waals surface area (Å²) in [7, 11) is 1.59. The van der Waals surface area contributed by atoms with Gasteiger partial charge in [0.15, 0.2) is 0 Å². The second-order valence-corrected chi connectivity index (χ2v) is 11.9. The number of hydrogen-bond donors (Lipinski definition) is 1. The number of hydrogen-bond acceptors (Lipinski definition) is 9. The Labute approximate surface area is 284 Å². The smallest absolute Gasteiger partial charge is 0.343 e. The highest BCUT2D eigenvalue weighted by molar-refractivity contribution is 5.94. The van der Waals surface area contributed by atoms with E-state index in [1.165, 1.54) is 0 Å². The fourth-order valence-electron chi connectivity index (χ4n) is 4.74. The van der Waals surface area contributed by atoms with Crippen molar-refractivity contribution in [3.05, 3.63) is 83.9 Å². The minimum absolute atomic E-state index is 0.0813. The maximum atomic E-state index is 12.6. The van der Waals surface area contributed by atoms with Crippen LogP contribution in [-0.2, 0) is 23.7 Å². The molecular formula is C38H49NO9. The quantitative estimate of drug-likeness (QED) is 0.0805. The molecule has 3 rings (SSSR count). The number of benzene rings is 3. The predicted octanol–water partition coefficient (Wildman–Crippen LogP) is 6.22. The Bertz CT molecular complexity index is 1390. The van der Waals surface area contributed by atoms with Gasteiger partial charge in [0.25, 0.3) is 5.91 Å². The molecule has 0 fully saturated rings. The van der Waals surface area contributed by atoms with Gasteiger partial charge < -0.3 is 33.7 Å². The van der Waals surface area contributed by atoms with Gasteiger partial charge in [-0.2, -0.15) is 0 Å². The minimum atomic E-state index is -0.474. The van der Waals surface area contributed by atoms with E-state index in [0.29, 0.717) is 74.8 Å². The van der Waals surface area contributed by atoms with E-state index in [0.717, 1.165) is 17.5 Å². The van der Waals surface area contributed by atoms with Crippen molar-refractivity contribution in [1.29, 1.82) is 0 Å². The normalized spacial score (nSPS) is 11.7. The van der Waals surface area contributed by atoms with E-state index in [2.05, 4.69) is 19.2 Å². The monoisotopic (exact) mass is 663 g/mol. The minimum Gasteiger partial charge on any atom is -0.491 e. The number of nitrogens with one attached hydrogen (secondary N) is 1. The molecule has 3 aromatic carbocycles. The first-order valence-electron chi connectivity index (χ1n) is 16.5. The summed E-state index contributed by atoms with van der Waals surface area (Å²) in [5.74, 6) is 0.887. The van der Waals surface area contributed by atoms with Crippen LogP contribution in [0.3, 0.4) is 0 Å². The molecule has 1 unspecified atom stereocenters. The van der Waals surface area contributed by atoms with Crippen molar-refractivity contribution in [1.82, 2.24) is 5.32 Å². The first-order chi connectivity index (χ1) is 23.2. The molecule has 0 aliphatic rings. The van der Waals surface area contributed by atoms with E-state index in [9.17, 15) is 14.4 Å². The SMILES string of the molecule is CNC(=O)c1ccc(-c2ccc(OC(=O)c3ccc(OCCOCCOCCOCCOC(=O)C(CC(C)C)C(C)C)cc3)cc2)cc1. The first-order valence-corrected chi connectivity index (χ1v) is 16.5. The topological polar surface area (TPSA) is 119 Å². The van der Waals surface area contributed by atoms with Crippen LogP contribution in [0.2, 0.25) is 0 Å². The molecule has 0 heterocycles. The summed E-state index contributed by atoms with van der Waals surface area (Å²) in [6.07, 6.45) is 0.824. The Balaban J connectivity index is 1.22. The molecule has 48 heavy (non-hydrogen) atoms. The molecule has 0 aliphatic heterocycles. The van der Waals surface area contributed by atoms with Crippen LogP contribution in [0.15, 0.2) is 72.8 Å². The zero-order chi connectivity index (χ0) is 34.7. The number of carbonyl (C=O) groups is 3.